The molecule has 1 atom stereocenters. The summed E-state index contributed by atoms with van der Waals surface area (Å²) in [4.78, 5) is 30.2. The van der Waals surface area contributed by atoms with Crippen LogP contribution in [0.5, 0.6) is 0 Å². The van der Waals surface area contributed by atoms with Gasteiger partial charge in [-0.2, -0.15) is 5.10 Å². The average molecular weight is 372 g/mol. The minimum absolute atomic E-state index is 0.0212. The first-order chi connectivity index (χ1) is 12.6. The SMILES string of the molecule is Cc1cc(C(=O)Nc2ccc(F)c(C3(C)CC(=O)N(C)C(N)=N3)c2)n(C)n1. The topological polar surface area (TPSA) is 106 Å². The number of carbonyl (C=O) groups is 2. The highest BCUT2D eigenvalue weighted by molar-refractivity contribution is 6.03. The molecule has 0 radical (unpaired) electrons. The number of aryl methyl sites for hydroxylation is 2. The molecule has 1 aromatic carbocycles. The number of hydrogen-bond acceptors (Lipinski definition) is 5. The maximum atomic E-state index is 14.5. The van der Waals surface area contributed by atoms with Gasteiger partial charge in [0.1, 0.15) is 11.5 Å². The van der Waals surface area contributed by atoms with Gasteiger partial charge in [-0.25, -0.2) is 9.38 Å². The van der Waals surface area contributed by atoms with Crippen molar-refractivity contribution in [3.63, 3.8) is 0 Å². The summed E-state index contributed by atoms with van der Waals surface area (Å²) < 4.78 is 16.0. The Morgan fingerprint density at radius 3 is 2.63 bits per heavy atom. The highest BCUT2D eigenvalue weighted by Gasteiger charge is 2.38. The summed E-state index contributed by atoms with van der Waals surface area (Å²) in [6.07, 6.45) is -0.0283. The lowest BCUT2D eigenvalue weighted by atomic mass is 9.87. The van der Waals surface area contributed by atoms with Gasteiger partial charge in [0.2, 0.25) is 5.91 Å². The van der Waals surface area contributed by atoms with Gasteiger partial charge in [0.05, 0.1) is 17.7 Å². The van der Waals surface area contributed by atoms with E-state index in [9.17, 15) is 14.0 Å². The molecule has 9 heteroatoms. The van der Waals surface area contributed by atoms with E-state index >= 15 is 0 Å². The lowest BCUT2D eigenvalue weighted by Crippen LogP contribution is -2.47. The van der Waals surface area contributed by atoms with Crippen LogP contribution in [-0.4, -0.2) is 39.5 Å². The Bertz CT molecular complexity index is 967. The van der Waals surface area contributed by atoms with Crippen LogP contribution in [0.2, 0.25) is 0 Å². The number of guanidine groups is 1. The van der Waals surface area contributed by atoms with Gasteiger partial charge in [-0.3, -0.25) is 19.2 Å². The summed E-state index contributed by atoms with van der Waals surface area (Å²) in [6.45, 7) is 3.42. The minimum Gasteiger partial charge on any atom is -0.369 e. The van der Waals surface area contributed by atoms with Crippen LogP contribution in [0, 0.1) is 12.7 Å². The Labute approximate surface area is 155 Å². The van der Waals surface area contributed by atoms with Crippen molar-refractivity contribution in [1.29, 1.82) is 0 Å². The molecule has 3 N–H and O–H groups in total. The van der Waals surface area contributed by atoms with Crippen LogP contribution in [0.25, 0.3) is 0 Å². The second-order valence-corrected chi connectivity index (χ2v) is 6.82. The van der Waals surface area contributed by atoms with Gasteiger partial charge in [0, 0.05) is 25.3 Å². The van der Waals surface area contributed by atoms with Crippen molar-refractivity contribution in [3.8, 4) is 0 Å². The van der Waals surface area contributed by atoms with Gasteiger partial charge in [-0.05, 0) is 38.1 Å². The van der Waals surface area contributed by atoms with Crippen molar-refractivity contribution in [2.45, 2.75) is 25.8 Å². The highest BCUT2D eigenvalue weighted by atomic mass is 19.1. The van der Waals surface area contributed by atoms with Gasteiger partial charge in [-0.1, -0.05) is 0 Å². The lowest BCUT2D eigenvalue weighted by molar-refractivity contribution is -0.128. The Balaban J connectivity index is 1.94. The number of halogens is 1. The summed E-state index contributed by atoms with van der Waals surface area (Å²) in [6, 6.07) is 5.82. The summed E-state index contributed by atoms with van der Waals surface area (Å²) >= 11 is 0. The first-order valence-corrected chi connectivity index (χ1v) is 8.34. The monoisotopic (exact) mass is 372 g/mol. The second kappa shape index (κ2) is 6.49. The third kappa shape index (κ3) is 3.40. The van der Waals surface area contributed by atoms with Crippen molar-refractivity contribution in [1.82, 2.24) is 14.7 Å². The van der Waals surface area contributed by atoms with Crippen LogP contribution in [0.15, 0.2) is 29.3 Å². The van der Waals surface area contributed by atoms with E-state index in [0.717, 1.165) is 0 Å². The van der Waals surface area contributed by atoms with Crippen LogP contribution >= 0.6 is 0 Å². The molecule has 27 heavy (non-hydrogen) atoms. The second-order valence-electron chi connectivity index (χ2n) is 6.82. The van der Waals surface area contributed by atoms with E-state index in [1.54, 1.807) is 27.0 Å². The number of hydrogen-bond donors (Lipinski definition) is 2. The molecule has 1 unspecified atom stereocenters. The molecule has 3 rings (SSSR count). The van der Waals surface area contributed by atoms with Crippen LogP contribution in [0.4, 0.5) is 10.1 Å². The third-order valence-electron chi connectivity index (χ3n) is 4.61. The fourth-order valence-corrected chi connectivity index (χ4v) is 3.10. The molecule has 0 fully saturated rings. The average Bonchev–Trinajstić information content (AvgIpc) is 2.92. The van der Waals surface area contributed by atoms with Crippen molar-refractivity contribution < 1.29 is 14.0 Å². The molecule has 0 saturated heterocycles. The van der Waals surface area contributed by atoms with Gasteiger partial charge in [-0.15, -0.1) is 0 Å². The van der Waals surface area contributed by atoms with Gasteiger partial charge >= 0.3 is 0 Å². The lowest BCUT2D eigenvalue weighted by Gasteiger charge is -2.34. The van der Waals surface area contributed by atoms with Crippen LogP contribution in [0.3, 0.4) is 0 Å². The number of benzene rings is 1. The number of aromatic nitrogens is 2. The normalized spacial score (nSPS) is 19.8. The van der Waals surface area contributed by atoms with E-state index in [4.69, 9.17) is 5.73 Å². The van der Waals surface area contributed by atoms with Crippen molar-refractivity contribution in [3.05, 3.63) is 47.0 Å². The molecule has 0 bridgehead atoms. The van der Waals surface area contributed by atoms with Crippen molar-refractivity contribution >= 4 is 23.5 Å². The highest BCUT2D eigenvalue weighted by Crippen LogP contribution is 2.35. The van der Waals surface area contributed by atoms with Crippen LogP contribution in [-0.2, 0) is 17.4 Å². The third-order valence-corrected chi connectivity index (χ3v) is 4.61. The summed E-state index contributed by atoms with van der Waals surface area (Å²) in [5, 5.41) is 6.86. The van der Waals surface area contributed by atoms with E-state index in [-0.39, 0.29) is 29.8 Å². The molecule has 1 aliphatic heterocycles. The molecule has 0 aliphatic carbocycles. The van der Waals surface area contributed by atoms with Crippen molar-refractivity contribution in [2.75, 3.05) is 12.4 Å². The fraction of sp³-hybridized carbons (Fsp3) is 0.333. The number of aliphatic imine (C=N–C) groups is 1. The molecule has 142 valence electrons. The zero-order valence-corrected chi connectivity index (χ0v) is 15.6. The maximum absolute atomic E-state index is 14.5. The fourth-order valence-electron chi connectivity index (χ4n) is 3.10. The molecular weight excluding hydrogens is 351 g/mol. The Morgan fingerprint density at radius 1 is 1.33 bits per heavy atom. The Morgan fingerprint density at radius 2 is 2.04 bits per heavy atom. The first-order valence-electron chi connectivity index (χ1n) is 8.34. The molecule has 2 heterocycles. The number of rotatable bonds is 3. The summed E-state index contributed by atoms with van der Waals surface area (Å²) in [5.41, 5.74) is 6.31. The molecule has 1 aliphatic rings. The largest absolute Gasteiger partial charge is 0.369 e. The van der Waals surface area contributed by atoms with Crippen LogP contribution < -0.4 is 11.1 Å². The van der Waals surface area contributed by atoms with Gasteiger partial charge in [0.25, 0.3) is 5.91 Å². The molecule has 1 aromatic heterocycles. The standard InChI is InChI=1S/C18H21FN6O2/c1-10-7-14(25(4)23-10)16(27)21-11-5-6-13(19)12(8-11)18(2)9-15(26)24(3)17(20)22-18/h5-8H,9H2,1-4H3,(H2,20,22)(H,21,27). The predicted octanol–water partition coefficient (Wildman–Crippen LogP) is 1.51. The Hall–Kier alpha value is -3.23. The quantitative estimate of drug-likeness (QED) is 0.852. The van der Waals surface area contributed by atoms with E-state index in [1.165, 1.54) is 34.8 Å². The predicted molar refractivity (Wildman–Crippen MR) is 98.7 cm³/mol. The maximum Gasteiger partial charge on any atom is 0.273 e. The summed E-state index contributed by atoms with van der Waals surface area (Å²) in [5.74, 6) is -1.14. The van der Waals surface area contributed by atoms with E-state index in [2.05, 4.69) is 15.4 Å². The smallest absolute Gasteiger partial charge is 0.273 e. The molecule has 8 nitrogen and oxygen atoms in total. The van der Waals surface area contributed by atoms with E-state index < -0.39 is 11.4 Å². The Kier molecular flexibility index (Phi) is 4.46. The zero-order valence-electron chi connectivity index (χ0n) is 15.6. The first kappa shape index (κ1) is 18.6. The zero-order chi connectivity index (χ0) is 19.9. The molecule has 2 amide bonds. The minimum atomic E-state index is -1.15. The summed E-state index contributed by atoms with van der Waals surface area (Å²) in [7, 11) is 3.18. The molecular formula is C18H21FN6O2. The number of nitrogens with one attached hydrogen (secondary N) is 1. The van der Waals surface area contributed by atoms with Crippen LogP contribution in [0.1, 0.15) is 35.1 Å². The number of nitrogens with two attached hydrogens (primary N) is 1. The molecule has 0 spiro atoms. The van der Waals surface area contributed by atoms with E-state index in [0.29, 0.717) is 17.1 Å². The van der Waals surface area contributed by atoms with Crippen molar-refractivity contribution in [2.24, 2.45) is 17.8 Å². The molecule has 2 aromatic rings. The number of amides is 2. The number of anilines is 1. The number of carbonyl (C=O) groups excluding carboxylic acids is 2. The van der Waals surface area contributed by atoms with Gasteiger partial charge in [0.15, 0.2) is 5.96 Å². The molecule has 0 saturated carbocycles. The number of nitrogens with zero attached hydrogens (tertiary/aromatic N) is 4. The van der Waals surface area contributed by atoms with Gasteiger partial charge < -0.3 is 11.1 Å². The van der Waals surface area contributed by atoms with E-state index in [1.807, 2.05) is 0 Å².